The van der Waals surface area contributed by atoms with Gasteiger partial charge in [-0.2, -0.15) is 0 Å². The zero-order valence-electron chi connectivity index (χ0n) is 13.9. The zero-order chi connectivity index (χ0) is 20.2. The molecule has 0 radical (unpaired) electrons. The Morgan fingerprint density at radius 2 is 1.19 bits per heavy atom. The Labute approximate surface area is 152 Å². The number of aromatic nitrogens is 1. The molecule has 0 aliphatic carbocycles. The molecule has 1 aromatic heterocycles. The minimum absolute atomic E-state index is 0.228. The lowest BCUT2D eigenvalue weighted by Crippen LogP contribution is -2.34. The van der Waals surface area contributed by atoms with Crippen LogP contribution in [-0.2, 0) is 9.59 Å². The van der Waals surface area contributed by atoms with E-state index in [9.17, 15) is 14.0 Å². The van der Waals surface area contributed by atoms with Gasteiger partial charge in [0.2, 0.25) is 0 Å². The van der Waals surface area contributed by atoms with Crippen LogP contribution in [0.3, 0.4) is 0 Å². The molecule has 10 heteroatoms. The number of pyridine rings is 1. The van der Waals surface area contributed by atoms with Crippen molar-refractivity contribution in [3.8, 4) is 0 Å². The van der Waals surface area contributed by atoms with E-state index in [-0.39, 0.29) is 18.4 Å². The summed E-state index contributed by atoms with van der Waals surface area (Å²) in [4.78, 5) is 45.4. The van der Waals surface area contributed by atoms with Crippen LogP contribution >= 0.6 is 0 Å². The predicted molar refractivity (Wildman–Crippen MR) is 90.6 cm³/mol. The first-order chi connectivity index (χ1) is 12.8. The van der Waals surface area contributed by atoms with Gasteiger partial charge >= 0.3 is 11.9 Å². The van der Waals surface area contributed by atoms with E-state index in [0.29, 0.717) is 17.7 Å². The number of aliphatic carboxylic acids is 2. The molecular formula is C17H16FN3O6. The highest BCUT2D eigenvalue weighted by atomic mass is 19.1. The lowest BCUT2D eigenvalue weighted by molar-refractivity contribution is -0.159. The van der Waals surface area contributed by atoms with E-state index in [1.165, 1.54) is 36.7 Å². The quantitative estimate of drug-likeness (QED) is 0.439. The maximum Gasteiger partial charge on any atom is 0.414 e. The van der Waals surface area contributed by atoms with E-state index in [1.54, 1.807) is 12.1 Å². The van der Waals surface area contributed by atoms with Gasteiger partial charge in [-0.1, -0.05) is 0 Å². The molecule has 0 aliphatic heterocycles. The molecule has 9 nitrogen and oxygen atoms in total. The fourth-order valence-corrected chi connectivity index (χ4v) is 1.66. The molecule has 0 fully saturated rings. The van der Waals surface area contributed by atoms with Gasteiger partial charge in [0, 0.05) is 36.6 Å². The van der Waals surface area contributed by atoms with Gasteiger partial charge in [0.1, 0.15) is 5.82 Å². The second-order valence-corrected chi connectivity index (χ2v) is 4.86. The Kier molecular flexibility index (Phi) is 8.59. The first kappa shape index (κ1) is 21.2. The number of hydrogen-bond donors (Lipinski definition) is 4. The summed E-state index contributed by atoms with van der Waals surface area (Å²) in [7, 11) is 0. The molecule has 1 aromatic carbocycles. The summed E-state index contributed by atoms with van der Waals surface area (Å²) in [6.07, 6.45) is 3.07. The van der Waals surface area contributed by atoms with Crippen molar-refractivity contribution in [1.82, 2.24) is 15.6 Å². The number of carboxylic acid groups (broad SMARTS) is 2. The first-order valence-corrected chi connectivity index (χ1v) is 7.49. The second kappa shape index (κ2) is 10.9. The highest BCUT2D eigenvalue weighted by Crippen LogP contribution is 2.02. The number of rotatable bonds is 5. The van der Waals surface area contributed by atoms with Gasteiger partial charge in [0.25, 0.3) is 11.8 Å². The van der Waals surface area contributed by atoms with Crippen molar-refractivity contribution in [2.24, 2.45) is 0 Å². The smallest absolute Gasteiger partial charge is 0.414 e. The summed E-state index contributed by atoms with van der Waals surface area (Å²) in [5.74, 6) is -4.58. The summed E-state index contributed by atoms with van der Waals surface area (Å²) in [6, 6.07) is 8.46. The van der Waals surface area contributed by atoms with Gasteiger partial charge in [-0.15, -0.1) is 0 Å². The molecule has 0 saturated heterocycles. The van der Waals surface area contributed by atoms with Crippen molar-refractivity contribution < 1.29 is 33.8 Å². The largest absolute Gasteiger partial charge is 0.473 e. The van der Waals surface area contributed by atoms with E-state index in [2.05, 4.69) is 15.6 Å². The average molecular weight is 377 g/mol. The second-order valence-electron chi connectivity index (χ2n) is 4.86. The van der Waals surface area contributed by atoms with E-state index in [1.807, 2.05) is 0 Å². The Balaban J connectivity index is 0.000000527. The van der Waals surface area contributed by atoms with Crippen LogP contribution in [0.25, 0.3) is 0 Å². The summed E-state index contributed by atoms with van der Waals surface area (Å²) in [5.41, 5.74) is 0.881. The molecule has 0 aliphatic rings. The highest BCUT2D eigenvalue weighted by molar-refractivity contribution is 6.27. The predicted octanol–water partition coefficient (Wildman–Crippen LogP) is 0.536. The molecule has 0 unspecified atom stereocenters. The molecule has 4 N–H and O–H groups in total. The number of halogens is 1. The normalized spacial score (nSPS) is 9.37. The van der Waals surface area contributed by atoms with Gasteiger partial charge < -0.3 is 20.8 Å². The molecule has 27 heavy (non-hydrogen) atoms. The highest BCUT2D eigenvalue weighted by Gasteiger charge is 2.06. The van der Waals surface area contributed by atoms with Gasteiger partial charge in [-0.05, 0) is 36.4 Å². The van der Waals surface area contributed by atoms with E-state index >= 15 is 0 Å². The van der Waals surface area contributed by atoms with Crippen LogP contribution < -0.4 is 10.6 Å². The van der Waals surface area contributed by atoms with Crippen molar-refractivity contribution in [2.45, 2.75) is 0 Å². The van der Waals surface area contributed by atoms with E-state index in [4.69, 9.17) is 19.8 Å². The maximum absolute atomic E-state index is 12.7. The molecule has 142 valence electrons. The summed E-state index contributed by atoms with van der Waals surface area (Å²) >= 11 is 0. The Bertz CT molecular complexity index is 784. The van der Waals surface area contributed by atoms with Crippen LogP contribution in [0.2, 0.25) is 0 Å². The third-order valence-electron chi connectivity index (χ3n) is 2.93. The minimum atomic E-state index is -1.82. The fraction of sp³-hybridized carbons (Fsp3) is 0.118. The lowest BCUT2D eigenvalue weighted by atomic mass is 10.2. The van der Waals surface area contributed by atoms with Crippen molar-refractivity contribution in [2.75, 3.05) is 13.1 Å². The summed E-state index contributed by atoms with van der Waals surface area (Å²) < 4.78 is 12.7. The number of carboxylic acids is 2. The SMILES string of the molecule is O=C(NCCNC(=O)c1ccc(F)cc1)c1ccncc1.O=C(O)C(=O)O. The van der Waals surface area contributed by atoms with Crippen molar-refractivity contribution in [3.05, 3.63) is 65.7 Å². The monoisotopic (exact) mass is 377 g/mol. The maximum atomic E-state index is 12.7. The molecular weight excluding hydrogens is 361 g/mol. The van der Waals surface area contributed by atoms with Crippen molar-refractivity contribution >= 4 is 23.8 Å². The van der Waals surface area contributed by atoms with Crippen LogP contribution in [-0.4, -0.2) is 52.0 Å². The number of amides is 2. The van der Waals surface area contributed by atoms with Crippen LogP contribution in [0.4, 0.5) is 4.39 Å². The van der Waals surface area contributed by atoms with Gasteiger partial charge in [-0.25, -0.2) is 14.0 Å². The van der Waals surface area contributed by atoms with E-state index in [0.717, 1.165) is 0 Å². The molecule has 0 atom stereocenters. The molecule has 0 saturated carbocycles. The fourth-order valence-electron chi connectivity index (χ4n) is 1.66. The van der Waals surface area contributed by atoms with Crippen molar-refractivity contribution in [3.63, 3.8) is 0 Å². The zero-order valence-corrected chi connectivity index (χ0v) is 13.9. The first-order valence-electron chi connectivity index (χ1n) is 7.49. The van der Waals surface area contributed by atoms with Gasteiger partial charge in [-0.3, -0.25) is 14.6 Å². The minimum Gasteiger partial charge on any atom is -0.473 e. The molecule has 2 rings (SSSR count). The summed E-state index contributed by atoms with van der Waals surface area (Å²) in [6.45, 7) is 0.584. The molecule has 2 amide bonds. The van der Waals surface area contributed by atoms with Crippen molar-refractivity contribution in [1.29, 1.82) is 0 Å². The molecule has 0 bridgehead atoms. The Morgan fingerprint density at radius 1 is 0.778 bits per heavy atom. The number of nitrogens with zero attached hydrogens (tertiary/aromatic N) is 1. The number of carbonyl (C=O) groups excluding carboxylic acids is 2. The van der Waals surface area contributed by atoms with Crippen LogP contribution in [0.15, 0.2) is 48.8 Å². The molecule has 2 aromatic rings. The standard InChI is InChI=1S/C15H14FN3O2.C2H2O4/c16-13-3-1-11(2-4-13)14(20)18-9-10-19-15(21)12-5-7-17-8-6-12;3-1(4)2(5)6/h1-8H,9-10H2,(H,18,20)(H,19,21);(H,3,4)(H,5,6). The molecule has 1 heterocycles. The van der Waals surface area contributed by atoms with Gasteiger partial charge in [0.15, 0.2) is 0 Å². The number of carbonyl (C=O) groups is 4. The van der Waals surface area contributed by atoms with Gasteiger partial charge in [0.05, 0.1) is 0 Å². The molecule has 0 spiro atoms. The van der Waals surface area contributed by atoms with E-state index < -0.39 is 17.8 Å². The third-order valence-corrected chi connectivity index (χ3v) is 2.93. The van der Waals surface area contributed by atoms with Crippen LogP contribution in [0.5, 0.6) is 0 Å². The lowest BCUT2D eigenvalue weighted by Gasteiger charge is -2.07. The summed E-state index contributed by atoms with van der Waals surface area (Å²) in [5, 5.41) is 20.1. The van der Waals surface area contributed by atoms with Crippen LogP contribution in [0, 0.1) is 5.82 Å². The third kappa shape index (κ3) is 8.20. The van der Waals surface area contributed by atoms with Crippen LogP contribution in [0.1, 0.15) is 20.7 Å². The number of hydrogen-bond acceptors (Lipinski definition) is 5. The number of nitrogens with one attached hydrogen (secondary N) is 2. The Morgan fingerprint density at radius 3 is 1.59 bits per heavy atom. The average Bonchev–Trinajstić information content (AvgIpc) is 2.66. The topological polar surface area (TPSA) is 146 Å². The number of benzene rings is 1. The Hall–Kier alpha value is -3.82.